The van der Waals surface area contributed by atoms with Crippen LogP contribution in [0.25, 0.3) is 0 Å². The maximum atomic E-state index is 12.9. The molecule has 0 radical (unpaired) electrons. The molecule has 1 N–H and O–H groups in total. The molecule has 1 amide bonds. The first-order chi connectivity index (χ1) is 11.7. The van der Waals surface area contributed by atoms with Gasteiger partial charge in [-0.1, -0.05) is 29.8 Å². The monoisotopic (exact) mass is 364 g/mol. The van der Waals surface area contributed by atoms with Gasteiger partial charge < -0.3 is 5.32 Å². The molecule has 0 saturated carbocycles. The molecule has 0 spiro atoms. The largest absolute Gasteiger partial charge is 0.348 e. The average Bonchev–Trinajstić information content (AvgIpc) is 2.55. The Hall–Kier alpha value is -2.25. The van der Waals surface area contributed by atoms with Gasteiger partial charge in [0, 0.05) is 7.05 Å². The highest BCUT2D eigenvalue weighted by Gasteiger charge is 2.23. The highest BCUT2D eigenvalue weighted by Crippen LogP contribution is 2.16. The third-order valence-electron chi connectivity index (χ3n) is 3.84. The molecule has 7 heteroatoms. The van der Waals surface area contributed by atoms with Crippen molar-refractivity contribution in [3.63, 3.8) is 0 Å². The summed E-state index contributed by atoms with van der Waals surface area (Å²) >= 11 is 0. The second kappa shape index (κ2) is 7.76. The number of hydrogen-bond acceptors (Lipinski definition) is 3. The Labute approximate surface area is 147 Å². The molecule has 2 rings (SSSR count). The first-order valence-electron chi connectivity index (χ1n) is 7.78. The maximum Gasteiger partial charge on any atom is 0.243 e. The van der Waals surface area contributed by atoms with Crippen molar-refractivity contribution in [2.75, 3.05) is 13.6 Å². The molecule has 0 aromatic heterocycles. The normalized spacial score (nSPS) is 12.8. The fraction of sp³-hybridized carbons (Fsp3) is 0.278. The number of nitrogens with zero attached hydrogens (tertiary/aromatic N) is 1. The van der Waals surface area contributed by atoms with Crippen molar-refractivity contribution in [3.8, 4) is 0 Å². The van der Waals surface area contributed by atoms with E-state index >= 15 is 0 Å². The molecule has 0 aliphatic carbocycles. The van der Waals surface area contributed by atoms with Crippen LogP contribution in [0.3, 0.4) is 0 Å². The summed E-state index contributed by atoms with van der Waals surface area (Å²) in [6, 6.07) is 11.9. The Bertz CT molecular complexity index is 834. The predicted molar refractivity (Wildman–Crippen MR) is 94.0 cm³/mol. The van der Waals surface area contributed by atoms with Crippen LogP contribution >= 0.6 is 0 Å². The number of benzene rings is 2. The fourth-order valence-corrected chi connectivity index (χ4v) is 3.43. The zero-order valence-electron chi connectivity index (χ0n) is 14.4. The van der Waals surface area contributed by atoms with Gasteiger partial charge in [0.05, 0.1) is 17.5 Å². The summed E-state index contributed by atoms with van der Waals surface area (Å²) in [4.78, 5) is 12.3. The number of aryl methyl sites for hydroxylation is 1. The van der Waals surface area contributed by atoms with E-state index in [1.165, 1.54) is 31.3 Å². The minimum atomic E-state index is -3.73. The van der Waals surface area contributed by atoms with Crippen molar-refractivity contribution in [2.45, 2.75) is 24.8 Å². The number of carbonyl (C=O) groups excluding carboxylic acids is 1. The van der Waals surface area contributed by atoms with Gasteiger partial charge in [-0.25, -0.2) is 12.8 Å². The van der Waals surface area contributed by atoms with E-state index in [1.807, 2.05) is 6.92 Å². The van der Waals surface area contributed by atoms with Gasteiger partial charge in [-0.2, -0.15) is 4.31 Å². The van der Waals surface area contributed by atoms with Crippen molar-refractivity contribution in [1.29, 1.82) is 0 Å². The molecule has 2 aromatic rings. The van der Waals surface area contributed by atoms with Crippen molar-refractivity contribution in [2.24, 2.45) is 0 Å². The fourth-order valence-electron chi connectivity index (χ4n) is 2.30. The molecule has 25 heavy (non-hydrogen) atoms. The topological polar surface area (TPSA) is 66.5 Å². The van der Waals surface area contributed by atoms with Crippen LogP contribution in [0, 0.1) is 12.7 Å². The molecule has 134 valence electrons. The molecule has 0 saturated heterocycles. The molecule has 1 atom stereocenters. The number of sulfonamides is 1. The van der Waals surface area contributed by atoms with Crippen LogP contribution in [0.15, 0.2) is 53.4 Å². The summed E-state index contributed by atoms with van der Waals surface area (Å²) < 4.78 is 38.9. The number of nitrogens with one attached hydrogen (secondary N) is 1. The molecule has 1 unspecified atom stereocenters. The maximum absolute atomic E-state index is 12.9. The van der Waals surface area contributed by atoms with Crippen LogP contribution < -0.4 is 5.32 Å². The van der Waals surface area contributed by atoms with Gasteiger partial charge in [0.25, 0.3) is 0 Å². The summed E-state index contributed by atoms with van der Waals surface area (Å²) in [5, 5.41) is 2.71. The SMILES string of the molecule is Cc1ccc(S(=O)(=O)N(C)CC(=O)NC(C)c2ccc(F)cc2)cc1. The highest BCUT2D eigenvalue weighted by molar-refractivity contribution is 7.89. The lowest BCUT2D eigenvalue weighted by atomic mass is 10.1. The van der Waals surface area contributed by atoms with Gasteiger partial charge in [0.15, 0.2) is 0 Å². The molecule has 0 aliphatic heterocycles. The first-order valence-corrected chi connectivity index (χ1v) is 9.22. The average molecular weight is 364 g/mol. The smallest absolute Gasteiger partial charge is 0.243 e. The van der Waals surface area contributed by atoms with Crippen LogP contribution in [0.5, 0.6) is 0 Å². The van der Waals surface area contributed by atoms with Gasteiger partial charge in [-0.05, 0) is 43.7 Å². The van der Waals surface area contributed by atoms with Gasteiger partial charge in [-0.15, -0.1) is 0 Å². The third kappa shape index (κ3) is 4.87. The third-order valence-corrected chi connectivity index (χ3v) is 5.66. The second-order valence-corrected chi connectivity index (χ2v) is 7.96. The predicted octanol–water partition coefficient (Wildman–Crippen LogP) is 2.63. The Kier molecular flexibility index (Phi) is 5.92. The summed E-state index contributed by atoms with van der Waals surface area (Å²) in [5.74, 6) is -0.791. The Morgan fingerprint density at radius 1 is 1.12 bits per heavy atom. The number of amides is 1. The summed E-state index contributed by atoms with van der Waals surface area (Å²) in [6.07, 6.45) is 0. The van der Waals surface area contributed by atoms with E-state index in [9.17, 15) is 17.6 Å². The van der Waals surface area contributed by atoms with Gasteiger partial charge in [0.1, 0.15) is 5.82 Å². The van der Waals surface area contributed by atoms with E-state index < -0.39 is 15.9 Å². The summed E-state index contributed by atoms with van der Waals surface area (Å²) in [7, 11) is -2.38. The highest BCUT2D eigenvalue weighted by atomic mass is 32.2. The lowest BCUT2D eigenvalue weighted by Gasteiger charge is -2.19. The number of hydrogen-bond donors (Lipinski definition) is 1. The van der Waals surface area contributed by atoms with E-state index in [0.717, 1.165) is 15.4 Å². The van der Waals surface area contributed by atoms with E-state index in [2.05, 4.69) is 5.32 Å². The summed E-state index contributed by atoms with van der Waals surface area (Å²) in [5.41, 5.74) is 1.69. The number of rotatable bonds is 6. The van der Waals surface area contributed by atoms with Gasteiger partial charge in [0.2, 0.25) is 15.9 Å². The quantitative estimate of drug-likeness (QED) is 0.857. The summed E-state index contributed by atoms with van der Waals surface area (Å²) in [6.45, 7) is 3.31. The number of carbonyl (C=O) groups is 1. The molecule has 0 aliphatic rings. The van der Waals surface area contributed by atoms with Crippen LogP contribution in [0.2, 0.25) is 0 Å². The standard InChI is InChI=1S/C18H21FN2O3S/c1-13-4-10-17(11-5-13)25(23,24)21(3)12-18(22)20-14(2)15-6-8-16(19)9-7-15/h4-11,14H,12H2,1-3H3,(H,20,22). The van der Waals surface area contributed by atoms with Crippen LogP contribution in [0.4, 0.5) is 4.39 Å². The lowest BCUT2D eigenvalue weighted by Crippen LogP contribution is -2.39. The van der Waals surface area contributed by atoms with Crippen molar-refractivity contribution in [1.82, 2.24) is 9.62 Å². The zero-order valence-corrected chi connectivity index (χ0v) is 15.2. The Morgan fingerprint density at radius 3 is 2.24 bits per heavy atom. The Balaban J connectivity index is 2.01. The zero-order chi connectivity index (χ0) is 18.6. The molecular formula is C18H21FN2O3S. The molecule has 5 nitrogen and oxygen atoms in total. The molecule has 2 aromatic carbocycles. The van der Waals surface area contributed by atoms with Crippen LogP contribution in [-0.2, 0) is 14.8 Å². The second-order valence-electron chi connectivity index (χ2n) is 5.91. The van der Waals surface area contributed by atoms with Crippen molar-refractivity contribution < 1.29 is 17.6 Å². The molecular weight excluding hydrogens is 343 g/mol. The van der Waals surface area contributed by atoms with E-state index in [-0.39, 0.29) is 23.3 Å². The van der Waals surface area contributed by atoms with E-state index in [0.29, 0.717) is 0 Å². The molecule has 0 heterocycles. The van der Waals surface area contributed by atoms with Gasteiger partial charge in [-0.3, -0.25) is 4.79 Å². The van der Waals surface area contributed by atoms with E-state index in [4.69, 9.17) is 0 Å². The number of halogens is 1. The van der Waals surface area contributed by atoms with Crippen LogP contribution in [0.1, 0.15) is 24.1 Å². The minimum Gasteiger partial charge on any atom is -0.348 e. The van der Waals surface area contributed by atoms with Crippen molar-refractivity contribution >= 4 is 15.9 Å². The Morgan fingerprint density at radius 2 is 1.68 bits per heavy atom. The first kappa shape index (κ1) is 19.1. The molecule has 0 fully saturated rings. The van der Waals surface area contributed by atoms with Crippen molar-refractivity contribution in [3.05, 3.63) is 65.5 Å². The number of likely N-dealkylation sites (N-methyl/N-ethyl adjacent to an activating group) is 1. The van der Waals surface area contributed by atoms with E-state index in [1.54, 1.807) is 31.2 Å². The van der Waals surface area contributed by atoms with Crippen LogP contribution in [-0.4, -0.2) is 32.2 Å². The van der Waals surface area contributed by atoms with Gasteiger partial charge >= 0.3 is 0 Å². The minimum absolute atomic E-state index is 0.139. The lowest BCUT2D eigenvalue weighted by molar-refractivity contribution is -0.121. The molecule has 0 bridgehead atoms.